The summed E-state index contributed by atoms with van der Waals surface area (Å²) in [4.78, 5) is 0. The van der Waals surface area contributed by atoms with Crippen molar-refractivity contribution in [3.63, 3.8) is 0 Å². The summed E-state index contributed by atoms with van der Waals surface area (Å²) >= 11 is 0. The van der Waals surface area contributed by atoms with Gasteiger partial charge in [-0.3, -0.25) is 0 Å². The van der Waals surface area contributed by atoms with Crippen LogP contribution in [0.25, 0.3) is 0 Å². The molecule has 1 aromatic carbocycles. The van der Waals surface area contributed by atoms with Gasteiger partial charge >= 0.3 is 0 Å². The van der Waals surface area contributed by atoms with E-state index in [2.05, 4.69) is 56.4 Å². The molecule has 1 saturated carbocycles. The van der Waals surface area contributed by atoms with Gasteiger partial charge in [-0.2, -0.15) is 0 Å². The lowest BCUT2D eigenvalue weighted by atomic mass is 9.84. The molecule has 1 unspecified atom stereocenters. The summed E-state index contributed by atoms with van der Waals surface area (Å²) in [5, 5.41) is 3.59. The molecule has 1 N–H and O–H groups in total. The molecule has 1 aliphatic carbocycles. The van der Waals surface area contributed by atoms with Crippen molar-refractivity contribution < 1.29 is 4.74 Å². The van der Waals surface area contributed by atoms with Crippen molar-refractivity contribution in [1.82, 2.24) is 5.32 Å². The third-order valence-corrected chi connectivity index (χ3v) is 4.29. The van der Waals surface area contributed by atoms with Gasteiger partial charge in [-0.05, 0) is 25.3 Å². The maximum absolute atomic E-state index is 6.55. The summed E-state index contributed by atoms with van der Waals surface area (Å²) in [5.41, 5.74) is 1.31. The maximum atomic E-state index is 6.55. The smallest absolute Gasteiger partial charge is 0.0814 e. The van der Waals surface area contributed by atoms with Gasteiger partial charge in [0.15, 0.2) is 0 Å². The fourth-order valence-electron chi connectivity index (χ4n) is 3.09. The Kier molecular flexibility index (Phi) is 5.62. The van der Waals surface area contributed by atoms with Crippen LogP contribution in [-0.4, -0.2) is 18.2 Å². The molecule has 1 fully saturated rings. The van der Waals surface area contributed by atoms with Crippen molar-refractivity contribution in [2.45, 2.75) is 70.6 Å². The fraction of sp³-hybridized carbons (Fsp3) is 0.667. The van der Waals surface area contributed by atoms with Crippen LogP contribution in [0.1, 0.15) is 64.5 Å². The number of benzene rings is 1. The molecule has 0 saturated heterocycles. The number of ether oxygens (including phenoxy) is 1. The lowest BCUT2D eigenvalue weighted by molar-refractivity contribution is -0.108. The van der Waals surface area contributed by atoms with Gasteiger partial charge in [0.2, 0.25) is 0 Å². The topological polar surface area (TPSA) is 21.3 Å². The van der Waals surface area contributed by atoms with Crippen molar-refractivity contribution >= 4 is 0 Å². The first kappa shape index (κ1) is 15.5. The van der Waals surface area contributed by atoms with Crippen molar-refractivity contribution in [3.8, 4) is 0 Å². The Balaban J connectivity index is 2.03. The molecule has 0 aromatic heterocycles. The Morgan fingerprint density at radius 3 is 2.30 bits per heavy atom. The lowest BCUT2D eigenvalue weighted by Crippen LogP contribution is -2.47. The van der Waals surface area contributed by atoms with Crippen LogP contribution in [-0.2, 0) is 4.74 Å². The highest BCUT2D eigenvalue weighted by Crippen LogP contribution is 2.35. The molecular formula is C18H29NO. The van der Waals surface area contributed by atoms with Gasteiger partial charge in [-0.15, -0.1) is 0 Å². The summed E-state index contributed by atoms with van der Waals surface area (Å²) in [6.45, 7) is 7.57. The van der Waals surface area contributed by atoms with Gasteiger partial charge in [0, 0.05) is 12.6 Å². The second-order valence-electron chi connectivity index (χ2n) is 6.45. The molecular weight excluding hydrogens is 246 g/mol. The van der Waals surface area contributed by atoms with Crippen LogP contribution in [0, 0.1) is 0 Å². The first-order valence-electron chi connectivity index (χ1n) is 8.07. The molecule has 1 aromatic rings. The van der Waals surface area contributed by atoms with E-state index in [0.717, 1.165) is 6.54 Å². The van der Waals surface area contributed by atoms with Crippen LogP contribution in [0.5, 0.6) is 0 Å². The van der Waals surface area contributed by atoms with Crippen molar-refractivity contribution in [2.24, 2.45) is 0 Å². The number of rotatable bonds is 6. The van der Waals surface area contributed by atoms with E-state index >= 15 is 0 Å². The average molecular weight is 275 g/mol. The van der Waals surface area contributed by atoms with Crippen LogP contribution in [0.2, 0.25) is 0 Å². The van der Waals surface area contributed by atoms with E-state index in [1.54, 1.807) is 0 Å². The predicted octanol–water partition coefficient (Wildman–Crippen LogP) is 4.47. The van der Waals surface area contributed by atoms with E-state index in [-0.39, 0.29) is 11.7 Å². The molecule has 1 atom stereocenters. The molecule has 20 heavy (non-hydrogen) atoms. The Hall–Kier alpha value is -0.860. The van der Waals surface area contributed by atoms with E-state index in [9.17, 15) is 0 Å². The molecule has 1 aliphatic rings. The number of nitrogens with one attached hydrogen (secondary N) is 1. The Morgan fingerprint density at radius 2 is 1.70 bits per heavy atom. The molecule has 0 heterocycles. The van der Waals surface area contributed by atoms with E-state index in [4.69, 9.17) is 4.74 Å². The van der Waals surface area contributed by atoms with E-state index in [1.165, 1.54) is 37.7 Å². The van der Waals surface area contributed by atoms with Crippen LogP contribution in [0.3, 0.4) is 0 Å². The predicted molar refractivity (Wildman–Crippen MR) is 84.9 cm³/mol. The zero-order valence-electron chi connectivity index (χ0n) is 13.2. The van der Waals surface area contributed by atoms with Gasteiger partial charge < -0.3 is 10.1 Å². The van der Waals surface area contributed by atoms with Gasteiger partial charge in [0.05, 0.1) is 11.7 Å². The van der Waals surface area contributed by atoms with Crippen LogP contribution in [0.4, 0.5) is 0 Å². The van der Waals surface area contributed by atoms with Crippen molar-refractivity contribution in [3.05, 3.63) is 35.9 Å². The van der Waals surface area contributed by atoms with Crippen molar-refractivity contribution in [2.75, 3.05) is 6.54 Å². The third-order valence-electron chi connectivity index (χ3n) is 4.29. The minimum atomic E-state index is 0.0256. The van der Waals surface area contributed by atoms with E-state index in [0.29, 0.717) is 6.04 Å². The summed E-state index contributed by atoms with van der Waals surface area (Å²) in [6.07, 6.45) is 6.48. The monoisotopic (exact) mass is 275 g/mol. The molecule has 0 radical (unpaired) electrons. The summed E-state index contributed by atoms with van der Waals surface area (Å²) < 4.78 is 6.55. The SMILES string of the molecule is CC(C)NCC1(OC(C)c2ccccc2)CCCCC1. The minimum Gasteiger partial charge on any atom is -0.366 e. The molecule has 112 valence electrons. The third kappa shape index (κ3) is 4.32. The molecule has 0 amide bonds. The quantitative estimate of drug-likeness (QED) is 0.827. The second-order valence-corrected chi connectivity index (χ2v) is 6.45. The first-order valence-corrected chi connectivity index (χ1v) is 8.07. The van der Waals surface area contributed by atoms with Crippen LogP contribution in [0.15, 0.2) is 30.3 Å². The summed E-state index contributed by atoms with van der Waals surface area (Å²) in [5.74, 6) is 0. The highest BCUT2D eigenvalue weighted by atomic mass is 16.5. The zero-order valence-corrected chi connectivity index (χ0v) is 13.2. The van der Waals surface area contributed by atoms with E-state index in [1.807, 2.05) is 0 Å². The van der Waals surface area contributed by atoms with Gasteiger partial charge in [-0.1, -0.05) is 63.4 Å². The Bertz CT molecular complexity index is 382. The molecule has 2 nitrogen and oxygen atoms in total. The molecule has 0 aliphatic heterocycles. The normalized spacial score (nSPS) is 20.0. The Labute approximate surface area is 123 Å². The van der Waals surface area contributed by atoms with Crippen LogP contribution >= 0.6 is 0 Å². The second kappa shape index (κ2) is 7.24. The highest BCUT2D eigenvalue weighted by molar-refractivity contribution is 5.17. The summed E-state index contributed by atoms with van der Waals surface area (Å²) in [6, 6.07) is 11.1. The van der Waals surface area contributed by atoms with E-state index < -0.39 is 0 Å². The zero-order chi connectivity index (χ0) is 14.4. The maximum Gasteiger partial charge on any atom is 0.0814 e. The fourth-order valence-corrected chi connectivity index (χ4v) is 3.09. The minimum absolute atomic E-state index is 0.0256. The number of hydrogen-bond acceptors (Lipinski definition) is 2. The number of hydrogen-bond donors (Lipinski definition) is 1. The molecule has 0 spiro atoms. The standard InChI is InChI=1S/C18H29NO/c1-15(2)19-14-18(12-8-5-9-13-18)20-16(3)17-10-6-4-7-11-17/h4,6-7,10-11,15-16,19H,5,8-9,12-14H2,1-3H3. The molecule has 2 rings (SSSR count). The van der Waals surface area contributed by atoms with Gasteiger partial charge in [-0.25, -0.2) is 0 Å². The van der Waals surface area contributed by atoms with Gasteiger partial charge in [0.25, 0.3) is 0 Å². The van der Waals surface area contributed by atoms with Gasteiger partial charge in [0.1, 0.15) is 0 Å². The molecule has 0 bridgehead atoms. The molecule has 2 heteroatoms. The van der Waals surface area contributed by atoms with Crippen LogP contribution < -0.4 is 5.32 Å². The first-order chi connectivity index (χ1) is 9.61. The highest BCUT2D eigenvalue weighted by Gasteiger charge is 2.34. The largest absolute Gasteiger partial charge is 0.366 e. The van der Waals surface area contributed by atoms with Crippen molar-refractivity contribution in [1.29, 1.82) is 0 Å². The average Bonchev–Trinajstić information content (AvgIpc) is 2.47. The summed E-state index contributed by atoms with van der Waals surface area (Å²) in [7, 11) is 0. The lowest BCUT2D eigenvalue weighted by Gasteiger charge is -2.40. The Morgan fingerprint density at radius 1 is 1.05 bits per heavy atom.